The molecule has 1 aliphatic heterocycles. The lowest BCUT2D eigenvalue weighted by molar-refractivity contribution is 0.0273. The second kappa shape index (κ2) is 7.65. The number of para-hydroxylation sites is 1. The Morgan fingerprint density at radius 1 is 0.815 bits per heavy atom. The van der Waals surface area contributed by atoms with Crippen molar-refractivity contribution in [3.63, 3.8) is 0 Å². The van der Waals surface area contributed by atoms with Crippen molar-refractivity contribution in [2.45, 2.75) is 6.10 Å². The maximum atomic E-state index is 8.96. The van der Waals surface area contributed by atoms with Crippen molar-refractivity contribution >= 4 is 0 Å². The lowest BCUT2D eigenvalue weighted by atomic mass is 10.1. The Labute approximate surface area is 157 Å². The third-order valence-electron chi connectivity index (χ3n) is 3.97. The van der Waals surface area contributed by atoms with E-state index < -0.39 is 0 Å². The molecule has 0 amide bonds. The van der Waals surface area contributed by atoms with Gasteiger partial charge in [-0.15, -0.1) is 0 Å². The average molecular weight is 356 g/mol. The molecule has 0 bridgehead atoms. The molecule has 132 valence electrons. The van der Waals surface area contributed by atoms with Crippen LogP contribution in [0.4, 0.5) is 0 Å². The van der Waals surface area contributed by atoms with Crippen molar-refractivity contribution in [3.05, 3.63) is 102 Å². The standard InChI is InChI=1S/C22H16N2O3/c23-15-16-5-4-8-20(13-16)26-22-14-21(27-24-22)17-9-11-19(12-10-17)25-18-6-2-1-3-7-18/h1-14,21,24H/t21-/m1/s1. The zero-order valence-electron chi connectivity index (χ0n) is 14.3. The second-order valence-electron chi connectivity index (χ2n) is 5.90. The minimum atomic E-state index is -0.273. The summed E-state index contributed by atoms with van der Waals surface area (Å²) in [7, 11) is 0. The highest BCUT2D eigenvalue weighted by molar-refractivity contribution is 5.38. The number of nitriles is 1. The van der Waals surface area contributed by atoms with Crippen LogP contribution in [0.25, 0.3) is 0 Å². The number of nitrogens with zero attached hydrogens (tertiary/aromatic N) is 1. The first kappa shape index (κ1) is 16.7. The van der Waals surface area contributed by atoms with Gasteiger partial charge < -0.3 is 9.47 Å². The van der Waals surface area contributed by atoms with Crippen LogP contribution < -0.4 is 15.0 Å². The molecular formula is C22H16N2O3. The number of hydrogen-bond acceptors (Lipinski definition) is 5. The molecule has 0 fully saturated rings. The number of ether oxygens (including phenoxy) is 2. The van der Waals surface area contributed by atoms with E-state index in [4.69, 9.17) is 19.6 Å². The highest BCUT2D eigenvalue weighted by Crippen LogP contribution is 2.28. The second-order valence-corrected chi connectivity index (χ2v) is 5.90. The first-order valence-corrected chi connectivity index (χ1v) is 8.44. The molecule has 0 aliphatic carbocycles. The Hall–Kier alpha value is -3.75. The molecule has 3 aromatic carbocycles. The molecule has 4 rings (SSSR count). The number of rotatable bonds is 5. The Morgan fingerprint density at radius 2 is 1.56 bits per heavy atom. The fourth-order valence-corrected chi connectivity index (χ4v) is 2.65. The van der Waals surface area contributed by atoms with E-state index >= 15 is 0 Å². The fourth-order valence-electron chi connectivity index (χ4n) is 2.65. The molecule has 0 unspecified atom stereocenters. The molecule has 5 heteroatoms. The molecule has 0 saturated carbocycles. The van der Waals surface area contributed by atoms with Crippen molar-refractivity contribution < 1.29 is 14.3 Å². The van der Waals surface area contributed by atoms with Gasteiger partial charge in [0.25, 0.3) is 0 Å². The van der Waals surface area contributed by atoms with E-state index in [0.717, 1.165) is 17.1 Å². The van der Waals surface area contributed by atoms with E-state index in [2.05, 4.69) is 11.5 Å². The summed E-state index contributed by atoms with van der Waals surface area (Å²) in [6, 6.07) is 26.3. The topological polar surface area (TPSA) is 63.5 Å². The Morgan fingerprint density at radius 3 is 2.33 bits per heavy atom. The molecule has 1 aliphatic rings. The van der Waals surface area contributed by atoms with Gasteiger partial charge in [-0.3, -0.25) is 4.84 Å². The molecular weight excluding hydrogens is 340 g/mol. The predicted octanol–water partition coefficient (Wildman–Crippen LogP) is 4.85. The smallest absolute Gasteiger partial charge is 0.216 e. The van der Waals surface area contributed by atoms with E-state index in [1.54, 1.807) is 24.3 Å². The fraction of sp³-hybridized carbons (Fsp3) is 0.0455. The molecule has 27 heavy (non-hydrogen) atoms. The zero-order valence-corrected chi connectivity index (χ0v) is 14.3. The van der Waals surface area contributed by atoms with Gasteiger partial charge in [0, 0.05) is 6.08 Å². The van der Waals surface area contributed by atoms with E-state index in [1.807, 2.05) is 60.7 Å². The van der Waals surface area contributed by atoms with E-state index in [-0.39, 0.29) is 6.10 Å². The van der Waals surface area contributed by atoms with Crippen molar-refractivity contribution in [1.29, 1.82) is 5.26 Å². The summed E-state index contributed by atoms with van der Waals surface area (Å²) in [6.07, 6.45) is 1.57. The predicted molar refractivity (Wildman–Crippen MR) is 99.8 cm³/mol. The van der Waals surface area contributed by atoms with Gasteiger partial charge in [-0.05, 0) is 48.0 Å². The lowest BCUT2D eigenvalue weighted by Crippen LogP contribution is -2.12. The van der Waals surface area contributed by atoms with Crippen LogP contribution in [0.1, 0.15) is 17.2 Å². The van der Waals surface area contributed by atoms with Gasteiger partial charge in [0.2, 0.25) is 5.88 Å². The van der Waals surface area contributed by atoms with Crippen LogP contribution in [0.15, 0.2) is 90.8 Å². The quantitative estimate of drug-likeness (QED) is 0.708. The SMILES string of the molecule is N#Cc1cccc(OC2=C[C@H](c3ccc(Oc4ccccc4)cc3)ON2)c1. The van der Waals surface area contributed by atoms with E-state index in [9.17, 15) is 0 Å². The average Bonchev–Trinajstić information content (AvgIpc) is 3.18. The highest BCUT2D eigenvalue weighted by Gasteiger charge is 2.20. The van der Waals surface area contributed by atoms with Crippen LogP contribution in [0.2, 0.25) is 0 Å². The van der Waals surface area contributed by atoms with Crippen LogP contribution in [-0.4, -0.2) is 0 Å². The van der Waals surface area contributed by atoms with Crippen molar-refractivity contribution in [2.75, 3.05) is 0 Å². The molecule has 0 aromatic heterocycles. The zero-order chi connectivity index (χ0) is 18.5. The largest absolute Gasteiger partial charge is 0.457 e. The third kappa shape index (κ3) is 4.09. The van der Waals surface area contributed by atoms with Crippen LogP contribution in [0.5, 0.6) is 17.2 Å². The Balaban J connectivity index is 1.42. The summed E-state index contributed by atoms with van der Waals surface area (Å²) < 4.78 is 11.5. The van der Waals surface area contributed by atoms with Crippen LogP contribution >= 0.6 is 0 Å². The van der Waals surface area contributed by atoms with Crippen molar-refractivity contribution in [3.8, 4) is 23.3 Å². The van der Waals surface area contributed by atoms with Gasteiger partial charge >= 0.3 is 0 Å². The molecule has 1 N–H and O–H groups in total. The number of hydroxylamine groups is 1. The van der Waals surface area contributed by atoms with Gasteiger partial charge in [0.05, 0.1) is 11.6 Å². The third-order valence-corrected chi connectivity index (χ3v) is 3.97. The van der Waals surface area contributed by atoms with E-state index in [1.165, 1.54) is 0 Å². The molecule has 1 heterocycles. The Kier molecular flexibility index (Phi) is 4.73. The minimum absolute atomic E-state index is 0.273. The normalized spacial score (nSPS) is 15.4. The summed E-state index contributed by atoms with van der Waals surface area (Å²) in [6.45, 7) is 0. The summed E-state index contributed by atoms with van der Waals surface area (Å²) in [5, 5.41) is 8.96. The lowest BCUT2D eigenvalue weighted by Gasteiger charge is -2.09. The van der Waals surface area contributed by atoms with E-state index in [0.29, 0.717) is 17.2 Å². The van der Waals surface area contributed by atoms with Gasteiger partial charge in [0.1, 0.15) is 23.4 Å². The summed E-state index contributed by atoms with van der Waals surface area (Å²) in [5.41, 5.74) is 4.27. The molecule has 0 saturated heterocycles. The summed E-state index contributed by atoms with van der Waals surface area (Å²) in [4.78, 5) is 5.57. The number of hydrogen-bond donors (Lipinski definition) is 1. The van der Waals surface area contributed by atoms with Crippen molar-refractivity contribution in [2.24, 2.45) is 0 Å². The maximum Gasteiger partial charge on any atom is 0.216 e. The molecule has 0 radical (unpaired) electrons. The van der Waals surface area contributed by atoms with Gasteiger partial charge in [-0.2, -0.15) is 5.26 Å². The first-order chi connectivity index (χ1) is 13.3. The van der Waals surface area contributed by atoms with Crippen molar-refractivity contribution in [1.82, 2.24) is 5.48 Å². The Bertz CT molecular complexity index is 992. The van der Waals surface area contributed by atoms with Gasteiger partial charge in [-0.1, -0.05) is 36.4 Å². The maximum absolute atomic E-state index is 8.96. The molecule has 5 nitrogen and oxygen atoms in total. The van der Waals surface area contributed by atoms with Crippen LogP contribution in [-0.2, 0) is 4.84 Å². The number of benzene rings is 3. The highest BCUT2D eigenvalue weighted by atomic mass is 16.7. The first-order valence-electron chi connectivity index (χ1n) is 8.44. The summed E-state index contributed by atoms with van der Waals surface area (Å²) in [5.74, 6) is 2.60. The summed E-state index contributed by atoms with van der Waals surface area (Å²) >= 11 is 0. The van der Waals surface area contributed by atoms with Gasteiger partial charge in [-0.25, -0.2) is 5.48 Å². The molecule has 0 spiro atoms. The molecule has 1 atom stereocenters. The minimum Gasteiger partial charge on any atom is -0.457 e. The van der Waals surface area contributed by atoms with Crippen LogP contribution in [0.3, 0.4) is 0 Å². The van der Waals surface area contributed by atoms with Gasteiger partial charge in [0.15, 0.2) is 0 Å². The molecule has 3 aromatic rings. The van der Waals surface area contributed by atoms with Crippen LogP contribution in [0, 0.1) is 11.3 Å². The monoisotopic (exact) mass is 356 g/mol. The number of nitrogens with one attached hydrogen (secondary N) is 1.